The molecule has 4 heteroatoms. The lowest BCUT2D eigenvalue weighted by atomic mass is 10.0. The molecule has 2 rings (SSSR count). The second-order valence-corrected chi connectivity index (χ2v) is 10.8. The summed E-state index contributed by atoms with van der Waals surface area (Å²) in [4.78, 5) is 12.4. The van der Waals surface area contributed by atoms with Gasteiger partial charge in [0.15, 0.2) is 0 Å². The first-order valence-corrected chi connectivity index (χ1v) is 14.2. The predicted molar refractivity (Wildman–Crippen MR) is 150 cm³/mol. The van der Waals surface area contributed by atoms with Gasteiger partial charge in [-0.25, -0.2) is 0 Å². The first-order chi connectivity index (χ1) is 17.4. The van der Waals surface area contributed by atoms with Crippen molar-refractivity contribution in [2.75, 3.05) is 20.6 Å². The van der Waals surface area contributed by atoms with Gasteiger partial charge in [0.05, 0.1) is 27.1 Å². The number of carbonyl (C=O) groups excluding carboxylic acids is 1. The van der Waals surface area contributed by atoms with Crippen molar-refractivity contribution in [1.82, 2.24) is 0 Å². The first kappa shape index (κ1) is 29.9. The molecular formula is C32H50NO3+. The maximum atomic E-state index is 12.4. The van der Waals surface area contributed by atoms with Crippen LogP contribution < -0.4 is 4.74 Å². The van der Waals surface area contributed by atoms with Crippen molar-refractivity contribution in [2.24, 2.45) is 0 Å². The van der Waals surface area contributed by atoms with Crippen molar-refractivity contribution in [2.45, 2.75) is 104 Å². The molecule has 0 amide bonds. The van der Waals surface area contributed by atoms with Gasteiger partial charge in [0.25, 0.3) is 0 Å². The number of rotatable bonds is 19. The van der Waals surface area contributed by atoms with Gasteiger partial charge in [-0.2, -0.15) is 0 Å². The van der Waals surface area contributed by atoms with Crippen molar-refractivity contribution >= 4 is 5.97 Å². The lowest BCUT2D eigenvalue weighted by molar-refractivity contribution is -0.903. The van der Waals surface area contributed by atoms with E-state index in [4.69, 9.17) is 9.47 Å². The number of carbonyl (C=O) groups is 1. The second-order valence-electron chi connectivity index (χ2n) is 10.8. The number of aryl methyl sites for hydroxylation is 1. The topological polar surface area (TPSA) is 35.5 Å². The summed E-state index contributed by atoms with van der Waals surface area (Å²) in [5, 5.41) is 0. The van der Waals surface area contributed by atoms with Crippen LogP contribution in [0, 0.1) is 0 Å². The average Bonchev–Trinajstić information content (AvgIpc) is 2.84. The van der Waals surface area contributed by atoms with Crippen LogP contribution in [-0.4, -0.2) is 37.4 Å². The van der Waals surface area contributed by atoms with Gasteiger partial charge < -0.3 is 14.0 Å². The minimum atomic E-state index is -0.589. The van der Waals surface area contributed by atoms with Crippen molar-refractivity contribution in [3.63, 3.8) is 0 Å². The third kappa shape index (κ3) is 13.1. The fourth-order valence-electron chi connectivity index (χ4n) is 4.71. The minimum Gasteiger partial charge on any atom is -0.455 e. The molecule has 0 heterocycles. The van der Waals surface area contributed by atoms with Crippen LogP contribution in [0.4, 0.5) is 0 Å². The zero-order valence-electron chi connectivity index (χ0n) is 23.3. The van der Waals surface area contributed by atoms with Gasteiger partial charge in [-0.3, -0.25) is 4.79 Å². The zero-order chi connectivity index (χ0) is 26.1. The Bertz CT molecular complexity index is 849. The first-order valence-electron chi connectivity index (χ1n) is 14.2. The molecule has 200 valence electrons. The molecule has 0 saturated heterocycles. The third-order valence-electron chi connectivity index (χ3n) is 6.71. The van der Waals surface area contributed by atoms with Crippen LogP contribution in [0.2, 0.25) is 0 Å². The smallest absolute Gasteiger partial charge is 0.309 e. The quantitative estimate of drug-likeness (QED) is 0.0853. The molecule has 0 N–H and O–H groups in total. The molecule has 2 aromatic carbocycles. The molecule has 0 radical (unpaired) electrons. The third-order valence-corrected chi connectivity index (χ3v) is 6.71. The molecular weight excluding hydrogens is 446 g/mol. The van der Waals surface area contributed by atoms with E-state index in [2.05, 4.69) is 57.4 Å². The molecule has 0 aliphatic heterocycles. The summed E-state index contributed by atoms with van der Waals surface area (Å²) in [6.07, 6.45) is 13.5. The summed E-state index contributed by atoms with van der Waals surface area (Å²) < 4.78 is 12.4. The monoisotopic (exact) mass is 496 g/mol. The maximum Gasteiger partial charge on any atom is 0.309 e. The normalized spacial score (nSPS) is 12.3. The van der Waals surface area contributed by atoms with Crippen LogP contribution in [0.3, 0.4) is 0 Å². The van der Waals surface area contributed by atoms with Crippen LogP contribution in [0.1, 0.15) is 95.6 Å². The molecule has 36 heavy (non-hydrogen) atoms. The Morgan fingerprint density at radius 2 is 1.42 bits per heavy atom. The van der Waals surface area contributed by atoms with Gasteiger partial charge in [0.2, 0.25) is 6.29 Å². The van der Waals surface area contributed by atoms with Gasteiger partial charge in [-0.1, -0.05) is 107 Å². The molecule has 0 bridgehead atoms. The Balaban J connectivity index is 1.65. The highest BCUT2D eigenvalue weighted by molar-refractivity contribution is 5.69. The lowest BCUT2D eigenvalue weighted by Crippen LogP contribution is -2.39. The van der Waals surface area contributed by atoms with E-state index in [1.165, 1.54) is 68.9 Å². The molecule has 1 unspecified atom stereocenters. The van der Waals surface area contributed by atoms with Gasteiger partial charge in [-0.15, -0.1) is 0 Å². The molecule has 4 nitrogen and oxygen atoms in total. The summed E-state index contributed by atoms with van der Waals surface area (Å²) >= 11 is 0. The summed E-state index contributed by atoms with van der Waals surface area (Å²) in [6.45, 7) is 5.94. The van der Waals surface area contributed by atoms with Crippen LogP contribution in [0.25, 0.3) is 0 Å². The van der Waals surface area contributed by atoms with E-state index in [0.717, 1.165) is 36.2 Å². The molecule has 0 fully saturated rings. The van der Waals surface area contributed by atoms with E-state index in [1.54, 1.807) is 0 Å². The van der Waals surface area contributed by atoms with Crippen LogP contribution in [0.5, 0.6) is 5.75 Å². The molecule has 1 atom stereocenters. The van der Waals surface area contributed by atoms with E-state index >= 15 is 0 Å². The second kappa shape index (κ2) is 17.2. The molecule has 0 aromatic heterocycles. The van der Waals surface area contributed by atoms with Gasteiger partial charge in [0.1, 0.15) is 12.3 Å². The highest BCUT2D eigenvalue weighted by Gasteiger charge is 2.18. The fourth-order valence-corrected chi connectivity index (χ4v) is 4.71. The minimum absolute atomic E-state index is 0.196. The number of ether oxygens (including phenoxy) is 2. The average molecular weight is 497 g/mol. The SMILES string of the molecule is CCCCCCCCCCCc1ccccc1OC(C)OC(=O)CCC[N+](C)(C)Cc1ccccc1. The standard InChI is InChI=1S/C32H50NO3/c1-5-6-7-8-9-10-11-12-16-22-30-23-17-18-24-31(30)35-28(2)36-32(34)25-19-26-33(3,4)27-29-20-14-13-15-21-29/h13-15,17-18,20-21,23-24,28H,5-12,16,19,22,25-27H2,1-4H3/q+1. The zero-order valence-corrected chi connectivity index (χ0v) is 23.3. The largest absolute Gasteiger partial charge is 0.455 e. The van der Waals surface area contributed by atoms with E-state index < -0.39 is 6.29 Å². The number of hydrogen-bond donors (Lipinski definition) is 0. The fraction of sp³-hybridized carbons (Fsp3) is 0.594. The highest BCUT2D eigenvalue weighted by atomic mass is 16.7. The number of esters is 1. The lowest BCUT2D eigenvalue weighted by Gasteiger charge is -2.30. The van der Waals surface area contributed by atoms with E-state index in [-0.39, 0.29) is 5.97 Å². The Morgan fingerprint density at radius 1 is 0.806 bits per heavy atom. The maximum absolute atomic E-state index is 12.4. The summed E-state index contributed by atoms with van der Waals surface area (Å²) in [7, 11) is 4.41. The molecule has 0 spiro atoms. The Labute approximate surface area is 220 Å². The number of quaternary nitrogens is 1. The van der Waals surface area contributed by atoms with E-state index in [0.29, 0.717) is 6.42 Å². The van der Waals surface area contributed by atoms with Gasteiger partial charge in [-0.05, 0) is 24.5 Å². The Hall–Kier alpha value is -2.33. The van der Waals surface area contributed by atoms with Crippen LogP contribution in [0.15, 0.2) is 54.6 Å². The summed E-state index contributed by atoms with van der Waals surface area (Å²) in [6, 6.07) is 18.6. The number of para-hydroxylation sites is 1. The predicted octanol–water partition coefficient (Wildman–Crippen LogP) is 8.08. The van der Waals surface area contributed by atoms with Crippen molar-refractivity contribution < 1.29 is 18.8 Å². The van der Waals surface area contributed by atoms with Gasteiger partial charge in [0, 0.05) is 18.9 Å². The molecule has 2 aromatic rings. The number of unbranched alkanes of at least 4 members (excludes halogenated alkanes) is 8. The Kier molecular flexibility index (Phi) is 14.3. The number of hydrogen-bond acceptors (Lipinski definition) is 3. The van der Waals surface area contributed by atoms with E-state index in [1.807, 2.05) is 25.1 Å². The molecule has 0 aliphatic carbocycles. The number of benzene rings is 2. The van der Waals surface area contributed by atoms with Crippen LogP contribution in [-0.2, 0) is 22.5 Å². The number of nitrogens with zero attached hydrogens (tertiary/aromatic N) is 1. The summed E-state index contributed by atoms with van der Waals surface area (Å²) in [5.41, 5.74) is 2.51. The van der Waals surface area contributed by atoms with Crippen molar-refractivity contribution in [3.05, 3.63) is 65.7 Å². The van der Waals surface area contributed by atoms with Gasteiger partial charge >= 0.3 is 5.97 Å². The summed E-state index contributed by atoms with van der Waals surface area (Å²) in [5.74, 6) is 0.636. The van der Waals surface area contributed by atoms with Crippen molar-refractivity contribution in [1.29, 1.82) is 0 Å². The van der Waals surface area contributed by atoms with Crippen molar-refractivity contribution in [3.8, 4) is 5.75 Å². The van der Waals surface area contributed by atoms with Crippen LogP contribution >= 0.6 is 0 Å². The molecule has 0 aliphatic rings. The Morgan fingerprint density at radius 3 is 2.11 bits per heavy atom. The molecule has 0 saturated carbocycles. The van der Waals surface area contributed by atoms with E-state index in [9.17, 15) is 4.79 Å². The highest BCUT2D eigenvalue weighted by Crippen LogP contribution is 2.23.